The summed E-state index contributed by atoms with van der Waals surface area (Å²) in [4.78, 5) is 14.3. The van der Waals surface area contributed by atoms with Crippen LogP contribution in [0.15, 0.2) is 6.07 Å². The van der Waals surface area contributed by atoms with Crippen molar-refractivity contribution in [3.63, 3.8) is 0 Å². The van der Waals surface area contributed by atoms with Gasteiger partial charge in [-0.1, -0.05) is 6.92 Å². The minimum absolute atomic E-state index is 0.203. The molecule has 1 unspecified atom stereocenters. The van der Waals surface area contributed by atoms with Crippen molar-refractivity contribution in [2.45, 2.75) is 38.7 Å². The number of aromatic amines is 1. The van der Waals surface area contributed by atoms with Crippen LogP contribution in [0.4, 0.5) is 4.39 Å². The topological polar surface area (TPSA) is 86.1 Å². The SMILES string of the molecule is CCC1(CC(=O)O)OCCc2c1[nH]c1c(F)cc(C)c(C#N)c21. The second-order valence-corrected chi connectivity index (χ2v) is 5.91. The van der Waals surface area contributed by atoms with Crippen LogP contribution in [-0.2, 0) is 21.6 Å². The lowest BCUT2D eigenvalue weighted by Crippen LogP contribution is -2.37. The van der Waals surface area contributed by atoms with Gasteiger partial charge < -0.3 is 14.8 Å². The van der Waals surface area contributed by atoms with E-state index in [0.717, 1.165) is 5.56 Å². The lowest BCUT2D eigenvalue weighted by molar-refractivity contribution is -0.148. The summed E-state index contributed by atoms with van der Waals surface area (Å²) in [6, 6.07) is 3.47. The number of nitrogens with one attached hydrogen (secondary N) is 1. The predicted octanol–water partition coefficient (Wildman–Crippen LogP) is 3.14. The van der Waals surface area contributed by atoms with Crippen LogP contribution in [-0.4, -0.2) is 22.7 Å². The Morgan fingerprint density at radius 2 is 2.35 bits per heavy atom. The molecule has 1 aromatic carbocycles. The molecule has 3 rings (SSSR count). The third kappa shape index (κ3) is 2.20. The number of nitrogens with zero attached hydrogens (tertiary/aromatic N) is 1. The molecule has 1 aliphatic rings. The van der Waals surface area contributed by atoms with E-state index in [2.05, 4.69) is 11.1 Å². The number of carboxylic acids is 1. The molecule has 0 fully saturated rings. The van der Waals surface area contributed by atoms with Gasteiger partial charge in [-0.2, -0.15) is 5.26 Å². The van der Waals surface area contributed by atoms with E-state index in [1.807, 2.05) is 6.92 Å². The van der Waals surface area contributed by atoms with Crippen molar-refractivity contribution in [3.8, 4) is 6.07 Å². The van der Waals surface area contributed by atoms with Crippen molar-refractivity contribution < 1.29 is 19.0 Å². The maximum absolute atomic E-state index is 14.4. The fourth-order valence-electron chi connectivity index (χ4n) is 3.52. The number of carbonyl (C=O) groups is 1. The maximum Gasteiger partial charge on any atom is 0.306 e. The monoisotopic (exact) mass is 316 g/mol. The summed E-state index contributed by atoms with van der Waals surface area (Å²) in [6.07, 6.45) is 0.766. The van der Waals surface area contributed by atoms with E-state index in [-0.39, 0.29) is 11.9 Å². The first-order valence-electron chi connectivity index (χ1n) is 7.53. The summed E-state index contributed by atoms with van der Waals surface area (Å²) in [5, 5.41) is 19.3. The summed E-state index contributed by atoms with van der Waals surface area (Å²) < 4.78 is 20.2. The normalized spacial score (nSPS) is 20.3. The van der Waals surface area contributed by atoms with Crippen molar-refractivity contribution in [1.29, 1.82) is 5.26 Å². The first-order valence-corrected chi connectivity index (χ1v) is 7.53. The molecule has 2 heterocycles. The van der Waals surface area contributed by atoms with E-state index in [0.29, 0.717) is 41.7 Å². The number of aliphatic carboxylic acids is 1. The van der Waals surface area contributed by atoms with E-state index < -0.39 is 17.4 Å². The Hall–Kier alpha value is -2.39. The quantitative estimate of drug-likeness (QED) is 0.911. The average Bonchev–Trinajstić information content (AvgIpc) is 2.89. The molecule has 0 saturated carbocycles. The molecule has 0 saturated heterocycles. The first-order chi connectivity index (χ1) is 10.9. The largest absolute Gasteiger partial charge is 0.481 e. The highest BCUT2D eigenvalue weighted by atomic mass is 19.1. The Kier molecular flexibility index (Phi) is 3.61. The summed E-state index contributed by atoms with van der Waals surface area (Å²) >= 11 is 0. The predicted molar refractivity (Wildman–Crippen MR) is 81.6 cm³/mol. The van der Waals surface area contributed by atoms with Gasteiger partial charge in [-0.05, 0) is 37.0 Å². The fraction of sp³-hybridized carbons (Fsp3) is 0.412. The lowest BCUT2D eigenvalue weighted by Gasteiger charge is -2.35. The second kappa shape index (κ2) is 5.36. The van der Waals surface area contributed by atoms with Crippen molar-refractivity contribution in [1.82, 2.24) is 4.98 Å². The summed E-state index contributed by atoms with van der Waals surface area (Å²) in [6.45, 7) is 3.89. The van der Waals surface area contributed by atoms with Crippen LogP contribution in [0.3, 0.4) is 0 Å². The molecule has 1 aliphatic heterocycles. The zero-order valence-electron chi connectivity index (χ0n) is 13.0. The van der Waals surface area contributed by atoms with Gasteiger partial charge in [-0.15, -0.1) is 0 Å². The van der Waals surface area contributed by atoms with Crippen molar-refractivity contribution in [2.24, 2.45) is 0 Å². The number of nitriles is 1. The van der Waals surface area contributed by atoms with Crippen LogP contribution >= 0.6 is 0 Å². The molecule has 23 heavy (non-hydrogen) atoms. The second-order valence-electron chi connectivity index (χ2n) is 5.91. The molecule has 0 radical (unpaired) electrons. The summed E-state index contributed by atoms with van der Waals surface area (Å²) in [5.41, 5.74) is 1.64. The molecule has 0 spiro atoms. The van der Waals surface area contributed by atoms with Crippen LogP contribution in [0.2, 0.25) is 0 Å². The molecule has 1 atom stereocenters. The van der Waals surface area contributed by atoms with E-state index in [4.69, 9.17) is 4.74 Å². The van der Waals surface area contributed by atoms with Crippen LogP contribution in [0.1, 0.15) is 42.1 Å². The molecule has 6 heteroatoms. The van der Waals surface area contributed by atoms with Crippen molar-refractivity contribution >= 4 is 16.9 Å². The average molecular weight is 316 g/mol. The Morgan fingerprint density at radius 1 is 1.61 bits per heavy atom. The molecule has 2 aromatic rings. The molecule has 2 N–H and O–H groups in total. The van der Waals surface area contributed by atoms with E-state index in [1.165, 1.54) is 6.07 Å². The number of halogens is 1. The zero-order valence-corrected chi connectivity index (χ0v) is 13.0. The van der Waals surface area contributed by atoms with Gasteiger partial charge in [0, 0.05) is 5.39 Å². The number of aromatic nitrogens is 1. The third-order valence-electron chi connectivity index (χ3n) is 4.64. The zero-order chi connectivity index (χ0) is 16.8. The molecule has 0 amide bonds. The first kappa shape index (κ1) is 15.5. The van der Waals surface area contributed by atoms with Crippen LogP contribution in [0, 0.1) is 24.1 Å². The van der Waals surface area contributed by atoms with Gasteiger partial charge in [0.2, 0.25) is 0 Å². The smallest absolute Gasteiger partial charge is 0.306 e. The Bertz CT molecular complexity index is 850. The molecular weight excluding hydrogens is 299 g/mol. The van der Waals surface area contributed by atoms with Crippen LogP contribution in [0.25, 0.3) is 10.9 Å². The summed E-state index contributed by atoms with van der Waals surface area (Å²) in [7, 11) is 0. The van der Waals surface area contributed by atoms with E-state index in [1.54, 1.807) is 6.92 Å². The van der Waals surface area contributed by atoms with Gasteiger partial charge in [0.05, 0.1) is 29.8 Å². The molecule has 120 valence electrons. The third-order valence-corrected chi connectivity index (χ3v) is 4.64. The van der Waals surface area contributed by atoms with E-state index in [9.17, 15) is 19.6 Å². The number of hydrogen-bond acceptors (Lipinski definition) is 3. The molecule has 1 aromatic heterocycles. The number of ether oxygens (including phenoxy) is 1. The number of benzene rings is 1. The lowest BCUT2D eigenvalue weighted by atomic mass is 9.85. The molecule has 0 aliphatic carbocycles. The number of aryl methyl sites for hydroxylation is 1. The van der Waals surface area contributed by atoms with Gasteiger partial charge >= 0.3 is 5.97 Å². The number of fused-ring (bicyclic) bond motifs is 3. The number of carboxylic acid groups (broad SMARTS) is 1. The van der Waals surface area contributed by atoms with Crippen LogP contribution < -0.4 is 0 Å². The van der Waals surface area contributed by atoms with E-state index >= 15 is 0 Å². The van der Waals surface area contributed by atoms with Gasteiger partial charge in [-0.25, -0.2) is 4.39 Å². The Balaban J connectivity index is 2.37. The Labute approximate surface area is 132 Å². The number of H-pyrrole nitrogens is 1. The summed E-state index contributed by atoms with van der Waals surface area (Å²) in [5.74, 6) is -1.42. The van der Waals surface area contributed by atoms with Gasteiger partial charge in [0.15, 0.2) is 0 Å². The number of rotatable bonds is 3. The molecular formula is C17H17FN2O3. The van der Waals surface area contributed by atoms with Crippen molar-refractivity contribution in [2.75, 3.05) is 6.61 Å². The minimum Gasteiger partial charge on any atom is -0.481 e. The van der Waals surface area contributed by atoms with Gasteiger partial charge in [-0.3, -0.25) is 4.79 Å². The molecule has 5 nitrogen and oxygen atoms in total. The number of hydrogen-bond donors (Lipinski definition) is 2. The van der Waals surface area contributed by atoms with Gasteiger partial charge in [0.1, 0.15) is 17.5 Å². The standard InChI is InChI=1S/C17H17FN2O3/c1-3-17(7-13(21)22)16-10(4-5-23-17)14-11(8-19)9(2)6-12(18)15(14)20-16/h6,20H,3-5,7H2,1-2H3,(H,21,22). The highest BCUT2D eigenvalue weighted by Crippen LogP contribution is 2.43. The molecule has 0 bridgehead atoms. The van der Waals surface area contributed by atoms with Crippen molar-refractivity contribution in [3.05, 3.63) is 34.3 Å². The fourth-order valence-corrected chi connectivity index (χ4v) is 3.52. The highest BCUT2D eigenvalue weighted by Gasteiger charge is 2.41. The Morgan fingerprint density at radius 3 is 2.96 bits per heavy atom. The van der Waals surface area contributed by atoms with Crippen LogP contribution in [0.5, 0.6) is 0 Å². The maximum atomic E-state index is 14.4. The van der Waals surface area contributed by atoms with Gasteiger partial charge in [0.25, 0.3) is 0 Å². The minimum atomic E-state index is -1.01. The highest BCUT2D eigenvalue weighted by molar-refractivity contribution is 5.92.